The molecule has 170 valence electrons. The third-order valence-corrected chi connectivity index (χ3v) is 6.81. The fraction of sp³-hybridized carbons (Fsp3) is 0.524. The van der Waals surface area contributed by atoms with Crippen molar-refractivity contribution >= 4 is 16.0 Å². The molecular formula is C21H29N3O6S. The molecule has 0 radical (unpaired) electrons. The van der Waals surface area contributed by atoms with E-state index in [1.54, 1.807) is 19.1 Å². The van der Waals surface area contributed by atoms with E-state index in [0.29, 0.717) is 18.7 Å². The molecule has 1 fully saturated rings. The molecule has 0 atom stereocenters. The van der Waals surface area contributed by atoms with Gasteiger partial charge in [0.1, 0.15) is 10.6 Å². The predicted molar refractivity (Wildman–Crippen MR) is 114 cm³/mol. The maximum absolute atomic E-state index is 13.0. The third kappa shape index (κ3) is 5.84. The molecular weight excluding hydrogens is 422 g/mol. The molecule has 1 aromatic heterocycles. The van der Waals surface area contributed by atoms with Crippen LogP contribution in [0.5, 0.6) is 5.75 Å². The first-order valence-corrected chi connectivity index (χ1v) is 11.9. The molecule has 1 saturated heterocycles. The first-order chi connectivity index (χ1) is 14.8. The first kappa shape index (κ1) is 23.2. The van der Waals surface area contributed by atoms with Crippen LogP contribution in [0.3, 0.4) is 0 Å². The third-order valence-electron chi connectivity index (χ3n) is 5.33. The van der Waals surface area contributed by atoms with Gasteiger partial charge < -0.3 is 18.9 Å². The van der Waals surface area contributed by atoms with Crippen LogP contribution in [-0.2, 0) is 14.8 Å². The highest BCUT2D eigenvalue weighted by atomic mass is 32.2. The number of likely N-dealkylation sites (tertiary alicyclic amines) is 1. The molecule has 10 heteroatoms. The summed E-state index contributed by atoms with van der Waals surface area (Å²) in [5.74, 6) is 0.589. The lowest BCUT2D eigenvalue weighted by molar-refractivity contribution is 0.0514. The van der Waals surface area contributed by atoms with Gasteiger partial charge in [-0.2, -0.15) is 0 Å². The van der Waals surface area contributed by atoms with E-state index in [1.165, 1.54) is 19.2 Å². The largest absolute Gasteiger partial charge is 0.495 e. The molecule has 0 saturated carbocycles. The van der Waals surface area contributed by atoms with E-state index in [1.807, 2.05) is 0 Å². The van der Waals surface area contributed by atoms with Crippen LogP contribution in [0.1, 0.15) is 37.2 Å². The zero-order valence-corrected chi connectivity index (χ0v) is 18.9. The SMILES string of the molecule is CCOC(=O)c1cc(-c2ccc(OC)c(S(=O)(=O)NCCN3CCC(C)CC3)c2)on1. The minimum absolute atomic E-state index is 0.00569. The van der Waals surface area contributed by atoms with Crippen LogP contribution >= 0.6 is 0 Å². The minimum atomic E-state index is -3.82. The van der Waals surface area contributed by atoms with E-state index in [0.717, 1.165) is 31.8 Å². The van der Waals surface area contributed by atoms with E-state index < -0.39 is 16.0 Å². The van der Waals surface area contributed by atoms with Crippen LogP contribution in [-0.4, -0.2) is 64.3 Å². The number of aromatic nitrogens is 1. The zero-order chi connectivity index (χ0) is 22.4. The van der Waals surface area contributed by atoms with E-state index in [4.69, 9.17) is 14.0 Å². The second-order valence-electron chi connectivity index (χ2n) is 7.58. The fourth-order valence-corrected chi connectivity index (χ4v) is 4.67. The quantitative estimate of drug-likeness (QED) is 0.579. The average molecular weight is 452 g/mol. The maximum Gasteiger partial charge on any atom is 0.360 e. The minimum Gasteiger partial charge on any atom is -0.495 e. The first-order valence-electron chi connectivity index (χ1n) is 10.4. The van der Waals surface area contributed by atoms with Gasteiger partial charge in [0.05, 0.1) is 13.7 Å². The number of nitrogens with one attached hydrogen (secondary N) is 1. The van der Waals surface area contributed by atoms with Crippen molar-refractivity contribution in [1.82, 2.24) is 14.8 Å². The Balaban J connectivity index is 1.74. The van der Waals surface area contributed by atoms with E-state index >= 15 is 0 Å². The summed E-state index contributed by atoms with van der Waals surface area (Å²) in [7, 11) is -2.41. The number of rotatable bonds is 9. The van der Waals surface area contributed by atoms with Crippen LogP contribution in [0, 0.1) is 5.92 Å². The van der Waals surface area contributed by atoms with Gasteiger partial charge in [-0.3, -0.25) is 0 Å². The Hall–Kier alpha value is -2.43. The summed E-state index contributed by atoms with van der Waals surface area (Å²) in [6.45, 7) is 7.07. The van der Waals surface area contributed by atoms with E-state index in [2.05, 4.69) is 21.7 Å². The fourth-order valence-electron chi connectivity index (χ4n) is 3.45. The van der Waals surface area contributed by atoms with Crippen molar-refractivity contribution in [3.63, 3.8) is 0 Å². The summed E-state index contributed by atoms with van der Waals surface area (Å²) in [6, 6.07) is 6.05. The summed E-state index contributed by atoms with van der Waals surface area (Å²) in [5.41, 5.74) is 0.472. The Kier molecular flexibility index (Phi) is 7.69. The van der Waals surface area contributed by atoms with Gasteiger partial charge in [0.25, 0.3) is 0 Å². The Labute approximate surface area is 182 Å². The number of esters is 1. The van der Waals surface area contributed by atoms with Gasteiger partial charge in [-0.15, -0.1) is 0 Å². The lowest BCUT2D eigenvalue weighted by Crippen LogP contribution is -2.39. The highest BCUT2D eigenvalue weighted by molar-refractivity contribution is 7.89. The number of hydrogen-bond donors (Lipinski definition) is 1. The number of methoxy groups -OCH3 is 1. The lowest BCUT2D eigenvalue weighted by atomic mass is 9.99. The maximum atomic E-state index is 13.0. The second-order valence-corrected chi connectivity index (χ2v) is 9.32. The molecule has 0 amide bonds. The molecule has 0 spiro atoms. The van der Waals surface area contributed by atoms with Gasteiger partial charge >= 0.3 is 5.97 Å². The summed E-state index contributed by atoms with van der Waals surface area (Å²) in [4.78, 5) is 14.1. The topological polar surface area (TPSA) is 111 Å². The average Bonchev–Trinajstić information content (AvgIpc) is 3.25. The molecule has 3 rings (SSSR count). The predicted octanol–water partition coefficient (Wildman–Crippen LogP) is 2.54. The van der Waals surface area contributed by atoms with Crippen molar-refractivity contribution < 1.29 is 27.2 Å². The van der Waals surface area contributed by atoms with Crippen molar-refractivity contribution in [3.05, 3.63) is 30.0 Å². The molecule has 1 aromatic carbocycles. The number of carbonyl (C=O) groups is 1. The van der Waals surface area contributed by atoms with Gasteiger partial charge in [0.15, 0.2) is 11.5 Å². The van der Waals surface area contributed by atoms with Crippen molar-refractivity contribution in [2.24, 2.45) is 5.92 Å². The zero-order valence-electron chi connectivity index (χ0n) is 18.1. The number of piperidine rings is 1. The molecule has 0 bridgehead atoms. The number of benzene rings is 1. The van der Waals surface area contributed by atoms with Crippen molar-refractivity contribution in [2.75, 3.05) is 39.9 Å². The highest BCUT2D eigenvalue weighted by Crippen LogP contribution is 2.30. The Morgan fingerprint density at radius 2 is 2.03 bits per heavy atom. The van der Waals surface area contributed by atoms with Crippen molar-refractivity contribution in [3.8, 4) is 17.1 Å². The van der Waals surface area contributed by atoms with Gasteiger partial charge in [-0.05, 0) is 57.0 Å². The number of ether oxygens (including phenoxy) is 2. The second kappa shape index (κ2) is 10.3. The highest BCUT2D eigenvalue weighted by Gasteiger charge is 2.23. The summed E-state index contributed by atoms with van der Waals surface area (Å²) >= 11 is 0. The van der Waals surface area contributed by atoms with Gasteiger partial charge in [-0.25, -0.2) is 17.9 Å². The number of nitrogens with zero attached hydrogens (tertiary/aromatic N) is 2. The molecule has 9 nitrogen and oxygen atoms in total. The van der Waals surface area contributed by atoms with Crippen LogP contribution in [0.15, 0.2) is 33.7 Å². The lowest BCUT2D eigenvalue weighted by Gasteiger charge is -2.30. The van der Waals surface area contributed by atoms with Gasteiger partial charge in [-0.1, -0.05) is 12.1 Å². The monoisotopic (exact) mass is 451 g/mol. The summed E-state index contributed by atoms with van der Waals surface area (Å²) < 4.78 is 43.9. The normalized spacial score (nSPS) is 15.7. The van der Waals surface area contributed by atoms with E-state index in [-0.39, 0.29) is 28.7 Å². The molecule has 1 N–H and O–H groups in total. The summed E-state index contributed by atoms with van der Waals surface area (Å²) in [6.07, 6.45) is 2.27. The van der Waals surface area contributed by atoms with Gasteiger partial charge in [0, 0.05) is 24.7 Å². The van der Waals surface area contributed by atoms with Crippen molar-refractivity contribution in [2.45, 2.75) is 31.6 Å². The van der Waals surface area contributed by atoms with Crippen LogP contribution in [0.2, 0.25) is 0 Å². The molecule has 0 unspecified atom stereocenters. The van der Waals surface area contributed by atoms with Gasteiger partial charge in [0.2, 0.25) is 10.0 Å². The Morgan fingerprint density at radius 3 is 2.71 bits per heavy atom. The van der Waals surface area contributed by atoms with Crippen molar-refractivity contribution in [1.29, 1.82) is 0 Å². The smallest absolute Gasteiger partial charge is 0.360 e. The summed E-state index contributed by atoms with van der Waals surface area (Å²) in [5, 5.41) is 3.70. The molecule has 1 aliphatic heterocycles. The standard InChI is InChI=1S/C21H29N3O6S/c1-4-29-21(25)17-14-19(30-23-17)16-5-6-18(28-3)20(13-16)31(26,27)22-9-12-24-10-7-15(2)8-11-24/h5-6,13-15,22H,4,7-12H2,1-3H3. The van der Waals surface area contributed by atoms with Crippen LogP contribution in [0.4, 0.5) is 0 Å². The molecule has 2 heterocycles. The van der Waals surface area contributed by atoms with Crippen LogP contribution in [0.25, 0.3) is 11.3 Å². The molecule has 2 aromatic rings. The molecule has 0 aliphatic carbocycles. The Bertz CT molecular complexity index is 996. The van der Waals surface area contributed by atoms with E-state index in [9.17, 15) is 13.2 Å². The number of sulfonamides is 1. The molecule has 31 heavy (non-hydrogen) atoms. The Morgan fingerprint density at radius 1 is 1.29 bits per heavy atom. The van der Waals surface area contributed by atoms with Crippen LogP contribution < -0.4 is 9.46 Å². The number of carbonyl (C=O) groups excluding carboxylic acids is 1. The number of hydrogen-bond acceptors (Lipinski definition) is 8. The molecule has 1 aliphatic rings.